The maximum absolute atomic E-state index is 13.5. The molecule has 0 radical (unpaired) electrons. The molecule has 1 unspecified atom stereocenters. The molecule has 2 aromatic rings. The van der Waals surface area contributed by atoms with Crippen LogP contribution >= 0.6 is 11.6 Å². The third-order valence-electron chi connectivity index (χ3n) is 10.2. The van der Waals surface area contributed by atoms with Crippen molar-refractivity contribution >= 4 is 28.3 Å². The van der Waals surface area contributed by atoms with Crippen LogP contribution in [0.1, 0.15) is 68.6 Å². The topological polar surface area (TPSA) is 26.3 Å². The highest BCUT2D eigenvalue weighted by Crippen LogP contribution is 2.66. The van der Waals surface area contributed by atoms with Crippen LogP contribution < -0.4 is 0 Å². The Balaban J connectivity index is 1.29. The van der Waals surface area contributed by atoms with Crippen molar-refractivity contribution in [2.24, 2.45) is 35.0 Å². The van der Waals surface area contributed by atoms with Gasteiger partial charge in [0.05, 0.1) is 5.56 Å². The highest BCUT2D eigenvalue weighted by Gasteiger charge is 2.64. The zero-order valence-corrected chi connectivity index (χ0v) is 20.7. The lowest BCUT2D eigenvalue weighted by Gasteiger charge is -2.56. The van der Waals surface area contributed by atoms with Crippen LogP contribution in [-0.2, 0) is 4.74 Å². The fourth-order valence-corrected chi connectivity index (χ4v) is 8.74. The molecule has 0 saturated heterocycles. The van der Waals surface area contributed by atoms with E-state index >= 15 is 0 Å². The quantitative estimate of drug-likeness (QED) is 0.253. The van der Waals surface area contributed by atoms with Gasteiger partial charge in [0.15, 0.2) is 5.60 Å². The number of halogens is 1. The molecule has 0 aromatic heterocycles. The van der Waals surface area contributed by atoms with Crippen molar-refractivity contribution in [3.63, 3.8) is 0 Å². The molecule has 0 amide bonds. The van der Waals surface area contributed by atoms with Gasteiger partial charge in [-0.15, -0.1) is 6.42 Å². The van der Waals surface area contributed by atoms with Crippen molar-refractivity contribution in [2.75, 3.05) is 0 Å². The number of hydrogen-bond donors (Lipinski definition) is 0. The normalized spacial score (nSPS) is 38.4. The van der Waals surface area contributed by atoms with Gasteiger partial charge >= 0.3 is 5.97 Å². The Kier molecular flexibility index (Phi) is 5.34. The van der Waals surface area contributed by atoms with Gasteiger partial charge < -0.3 is 4.74 Å². The molecule has 34 heavy (non-hydrogen) atoms. The Morgan fingerprint density at radius 2 is 1.85 bits per heavy atom. The second-order valence-corrected chi connectivity index (χ2v) is 11.8. The number of ether oxygens (including phenoxy) is 1. The fraction of sp³-hybridized carbons (Fsp3) is 0.516. The zero-order chi connectivity index (χ0) is 23.5. The van der Waals surface area contributed by atoms with Crippen LogP contribution in [-0.4, -0.2) is 11.6 Å². The highest BCUT2D eigenvalue weighted by molar-refractivity contribution is 6.36. The molecular weight excluding hydrogens is 440 g/mol. The van der Waals surface area contributed by atoms with E-state index in [2.05, 4.69) is 25.0 Å². The van der Waals surface area contributed by atoms with E-state index in [1.54, 1.807) is 6.07 Å². The molecule has 3 saturated carbocycles. The summed E-state index contributed by atoms with van der Waals surface area (Å²) in [4.78, 5) is 13.5. The summed E-state index contributed by atoms with van der Waals surface area (Å²) in [5.41, 5.74) is -0.536. The predicted molar refractivity (Wildman–Crippen MR) is 138 cm³/mol. The lowest BCUT2D eigenvalue weighted by molar-refractivity contribution is -0.106. The number of rotatable bonds is 2. The minimum absolute atomic E-state index is 0.170. The highest BCUT2D eigenvalue weighted by atomic mass is 35.5. The molecule has 2 nitrogen and oxygen atoms in total. The zero-order valence-electron chi connectivity index (χ0n) is 19.9. The predicted octanol–water partition coefficient (Wildman–Crippen LogP) is 7.84. The smallest absolute Gasteiger partial charge is 0.339 e. The van der Waals surface area contributed by atoms with Gasteiger partial charge in [0, 0.05) is 15.8 Å². The largest absolute Gasteiger partial charge is 0.442 e. The molecule has 3 fully saturated rings. The first-order valence-corrected chi connectivity index (χ1v) is 13.4. The van der Waals surface area contributed by atoms with Crippen LogP contribution in [0.4, 0.5) is 0 Å². The van der Waals surface area contributed by atoms with Crippen molar-refractivity contribution in [1.82, 2.24) is 0 Å². The van der Waals surface area contributed by atoms with E-state index in [1.807, 2.05) is 30.3 Å². The second-order valence-electron chi connectivity index (χ2n) is 11.4. The molecule has 0 N–H and O–H groups in total. The van der Waals surface area contributed by atoms with Gasteiger partial charge in [0.25, 0.3) is 0 Å². The van der Waals surface area contributed by atoms with Crippen molar-refractivity contribution in [1.29, 1.82) is 0 Å². The lowest BCUT2D eigenvalue weighted by Crippen LogP contribution is -2.54. The van der Waals surface area contributed by atoms with E-state index in [0.29, 0.717) is 22.4 Å². The number of terminal acetylenes is 1. The number of fused-ring (bicyclic) bond motifs is 6. The molecule has 2 aromatic carbocycles. The summed E-state index contributed by atoms with van der Waals surface area (Å²) >= 11 is 6.51. The Bertz CT molecular complexity index is 1210. The SMILES string of the molecule is C#C[C@]1(OC(=O)c2cc(Cl)c3ccccc3c2)CC[C@H]2[C@@H]3CCC4CC=CC[C@@H]4[C@H]3CC[C@@]21C. The minimum atomic E-state index is -0.846. The number of benzene rings is 2. The van der Waals surface area contributed by atoms with Crippen LogP contribution in [0, 0.1) is 47.3 Å². The number of esters is 1. The maximum atomic E-state index is 13.5. The fourth-order valence-electron chi connectivity index (χ4n) is 8.45. The van der Waals surface area contributed by atoms with Crippen LogP contribution in [0.5, 0.6) is 0 Å². The van der Waals surface area contributed by atoms with Gasteiger partial charge in [-0.25, -0.2) is 4.79 Å². The molecule has 0 spiro atoms. The average molecular weight is 473 g/mol. The first-order valence-electron chi connectivity index (χ1n) is 13.0. The van der Waals surface area contributed by atoms with Gasteiger partial charge in [-0.3, -0.25) is 0 Å². The minimum Gasteiger partial charge on any atom is -0.442 e. The molecule has 3 heteroatoms. The Hall–Kier alpha value is -2.24. The maximum Gasteiger partial charge on any atom is 0.339 e. The summed E-state index contributed by atoms with van der Waals surface area (Å²) < 4.78 is 6.35. The van der Waals surface area contributed by atoms with Crippen LogP contribution in [0.2, 0.25) is 5.02 Å². The van der Waals surface area contributed by atoms with Crippen LogP contribution in [0.3, 0.4) is 0 Å². The van der Waals surface area contributed by atoms with Gasteiger partial charge in [-0.05, 0) is 98.5 Å². The van der Waals surface area contributed by atoms with Crippen LogP contribution in [0.15, 0.2) is 48.6 Å². The number of carbonyl (C=O) groups excluding carboxylic acids is 1. The molecule has 6 rings (SSSR count). The van der Waals surface area contributed by atoms with E-state index in [0.717, 1.165) is 47.8 Å². The summed E-state index contributed by atoms with van der Waals surface area (Å²) in [7, 11) is 0. The Morgan fingerprint density at radius 3 is 2.71 bits per heavy atom. The third kappa shape index (κ3) is 3.20. The first kappa shape index (κ1) is 22.2. The summed E-state index contributed by atoms with van der Waals surface area (Å²) in [5, 5.41) is 2.44. The standard InChI is InChI=1S/C31H33ClO2/c1-3-31(34-29(33)22-18-21-9-5-7-11-24(21)28(32)19-22)17-15-27-26-13-12-20-8-4-6-10-23(20)25(26)14-16-30(27,31)2/h1,4-7,9,11,18-20,23,25-27H,8,10,12-17H2,2H3/t20?,23-,25+,26+,27-,30-,31-/m0/s1. The molecule has 4 aliphatic rings. The van der Waals surface area contributed by atoms with Crippen molar-refractivity contribution in [3.8, 4) is 12.3 Å². The molecule has 0 bridgehead atoms. The Labute approximate surface area is 208 Å². The van der Waals surface area contributed by atoms with Gasteiger partial charge in [-0.1, -0.05) is 60.9 Å². The average Bonchev–Trinajstić information content (AvgIpc) is 3.16. The van der Waals surface area contributed by atoms with E-state index in [4.69, 9.17) is 22.8 Å². The van der Waals surface area contributed by atoms with E-state index in [1.165, 1.54) is 32.1 Å². The molecule has 0 aliphatic heterocycles. The molecule has 176 valence electrons. The molecular formula is C31H33ClO2. The second kappa shape index (κ2) is 8.17. The third-order valence-corrected chi connectivity index (χ3v) is 10.5. The Morgan fingerprint density at radius 1 is 1.03 bits per heavy atom. The summed E-state index contributed by atoms with van der Waals surface area (Å²) in [5.74, 6) is 6.41. The molecule has 4 aliphatic carbocycles. The van der Waals surface area contributed by atoms with E-state index in [-0.39, 0.29) is 11.4 Å². The molecule has 0 heterocycles. The number of carbonyl (C=O) groups is 1. The molecule has 7 atom stereocenters. The van der Waals surface area contributed by atoms with Crippen LogP contribution in [0.25, 0.3) is 10.8 Å². The number of hydrogen-bond acceptors (Lipinski definition) is 2. The summed E-state index contributed by atoms with van der Waals surface area (Å²) in [6, 6.07) is 11.4. The number of allylic oxidation sites excluding steroid dienone is 2. The van der Waals surface area contributed by atoms with Crippen molar-refractivity contribution < 1.29 is 9.53 Å². The summed E-state index contributed by atoms with van der Waals surface area (Å²) in [6.45, 7) is 2.31. The lowest BCUT2D eigenvalue weighted by atomic mass is 9.49. The van der Waals surface area contributed by atoms with Gasteiger partial charge in [0.1, 0.15) is 0 Å². The van der Waals surface area contributed by atoms with Crippen molar-refractivity contribution in [2.45, 2.75) is 63.9 Å². The van der Waals surface area contributed by atoms with Gasteiger partial charge in [0.2, 0.25) is 0 Å². The monoisotopic (exact) mass is 472 g/mol. The summed E-state index contributed by atoms with van der Waals surface area (Å²) in [6.07, 6.45) is 20.2. The van der Waals surface area contributed by atoms with Crippen molar-refractivity contribution in [3.05, 3.63) is 59.1 Å². The van der Waals surface area contributed by atoms with E-state index < -0.39 is 5.60 Å². The first-order chi connectivity index (χ1) is 16.5. The van der Waals surface area contributed by atoms with Gasteiger partial charge in [-0.2, -0.15) is 0 Å². The van der Waals surface area contributed by atoms with E-state index in [9.17, 15) is 4.79 Å².